The molecular weight excluding hydrogens is 379 g/mol. The number of hydrogen-bond acceptors (Lipinski definition) is 3. The van der Waals surface area contributed by atoms with Gasteiger partial charge in [-0.05, 0) is 48.7 Å². The molecule has 0 saturated heterocycles. The Labute approximate surface area is 173 Å². The Kier molecular flexibility index (Phi) is 4.47. The van der Waals surface area contributed by atoms with E-state index >= 15 is 0 Å². The molecule has 0 bridgehead atoms. The van der Waals surface area contributed by atoms with Crippen LogP contribution in [0.1, 0.15) is 23.2 Å². The van der Waals surface area contributed by atoms with Crippen LogP contribution in [0, 0.1) is 5.82 Å². The van der Waals surface area contributed by atoms with Gasteiger partial charge in [0.2, 0.25) is 0 Å². The highest BCUT2D eigenvalue weighted by Crippen LogP contribution is 2.34. The zero-order valence-corrected chi connectivity index (χ0v) is 16.5. The van der Waals surface area contributed by atoms with Crippen LogP contribution in [0.4, 0.5) is 15.8 Å². The summed E-state index contributed by atoms with van der Waals surface area (Å²) in [6.45, 7) is 0. The number of halogens is 1. The highest BCUT2D eigenvalue weighted by atomic mass is 19.1. The zero-order chi connectivity index (χ0) is 20.7. The third-order valence-electron chi connectivity index (χ3n) is 5.44. The predicted molar refractivity (Wildman–Crippen MR) is 116 cm³/mol. The SMILES string of the molecule is CN(c1cc(C(=O)NC2CC2)ccc1F)c1ccnc2[nH]c(-c3ccccc3)cc12. The third kappa shape index (κ3) is 3.41. The van der Waals surface area contributed by atoms with Crippen molar-refractivity contribution in [3.8, 4) is 11.3 Å². The molecule has 1 saturated carbocycles. The van der Waals surface area contributed by atoms with Gasteiger partial charge >= 0.3 is 0 Å². The molecule has 2 aromatic carbocycles. The van der Waals surface area contributed by atoms with E-state index in [1.165, 1.54) is 12.1 Å². The Hall–Kier alpha value is -3.67. The van der Waals surface area contributed by atoms with E-state index < -0.39 is 0 Å². The van der Waals surface area contributed by atoms with Crippen LogP contribution in [0.25, 0.3) is 22.3 Å². The number of anilines is 2. The van der Waals surface area contributed by atoms with Crippen molar-refractivity contribution < 1.29 is 9.18 Å². The molecule has 1 amide bonds. The second-order valence-electron chi connectivity index (χ2n) is 7.61. The number of benzene rings is 2. The van der Waals surface area contributed by atoms with Gasteiger partial charge in [0.15, 0.2) is 0 Å². The number of nitrogens with zero attached hydrogens (tertiary/aromatic N) is 2. The van der Waals surface area contributed by atoms with Gasteiger partial charge in [-0.3, -0.25) is 4.79 Å². The van der Waals surface area contributed by atoms with Crippen LogP contribution in [0.5, 0.6) is 0 Å². The van der Waals surface area contributed by atoms with E-state index in [0.29, 0.717) is 11.3 Å². The molecule has 2 N–H and O–H groups in total. The fourth-order valence-corrected chi connectivity index (χ4v) is 3.62. The van der Waals surface area contributed by atoms with Gasteiger partial charge in [0.25, 0.3) is 5.91 Å². The summed E-state index contributed by atoms with van der Waals surface area (Å²) in [5.74, 6) is -0.552. The van der Waals surface area contributed by atoms with Crippen molar-refractivity contribution in [1.29, 1.82) is 0 Å². The lowest BCUT2D eigenvalue weighted by molar-refractivity contribution is 0.0951. The summed E-state index contributed by atoms with van der Waals surface area (Å²) in [4.78, 5) is 22.0. The van der Waals surface area contributed by atoms with Crippen molar-refractivity contribution in [3.63, 3.8) is 0 Å². The summed E-state index contributed by atoms with van der Waals surface area (Å²) in [5.41, 5.74) is 4.31. The average Bonchev–Trinajstić information content (AvgIpc) is 3.47. The maximum absolute atomic E-state index is 14.7. The van der Waals surface area contributed by atoms with E-state index in [4.69, 9.17) is 0 Å². The van der Waals surface area contributed by atoms with Crippen LogP contribution in [-0.2, 0) is 0 Å². The number of aromatic nitrogens is 2. The minimum Gasteiger partial charge on any atom is -0.349 e. The van der Waals surface area contributed by atoms with Crippen molar-refractivity contribution in [3.05, 3.63) is 78.2 Å². The molecule has 0 spiro atoms. The van der Waals surface area contributed by atoms with Crippen LogP contribution in [0.2, 0.25) is 0 Å². The van der Waals surface area contributed by atoms with Gasteiger partial charge in [0.1, 0.15) is 11.5 Å². The second kappa shape index (κ2) is 7.30. The summed E-state index contributed by atoms with van der Waals surface area (Å²) < 4.78 is 14.7. The Morgan fingerprint density at radius 1 is 1.10 bits per heavy atom. The summed E-state index contributed by atoms with van der Waals surface area (Å²) in [6, 6.07) is 18.6. The highest BCUT2D eigenvalue weighted by molar-refractivity contribution is 5.98. The van der Waals surface area contributed by atoms with E-state index in [9.17, 15) is 9.18 Å². The van der Waals surface area contributed by atoms with Crippen LogP contribution in [0.15, 0.2) is 66.9 Å². The number of amides is 1. The zero-order valence-electron chi connectivity index (χ0n) is 16.5. The fourth-order valence-electron chi connectivity index (χ4n) is 3.62. The number of rotatable bonds is 5. The molecule has 5 rings (SSSR count). The molecule has 2 aromatic heterocycles. The van der Waals surface area contributed by atoms with Crippen LogP contribution in [0.3, 0.4) is 0 Å². The van der Waals surface area contributed by atoms with E-state index in [0.717, 1.165) is 40.8 Å². The summed E-state index contributed by atoms with van der Waals surface area (Å²) in [6.07, 6.45) is 3.71. The Balaban J connectivity index is 1.53. The number of carbonyl (C=O) groups excluding carboxylic acids is 1. The average molecular weight is 400 g/mol. The van der Waals surface area contributed by atoms with Gasteiger partial charge in [0.05, 0.1) is 11.4 Å². The van der Waals surface area contributed by atoms with E-state index in [1.54, 1.807) is 24.2 Å². The molecule has 0 atom stereocenters. The Morgan fingerprint density at radius 3 is 2.67 bits per heavy atom. The van der Waals surface area contributed by atoms with Crippen molar-refractivity contribution >= 4 is 28.3 Å². The Morgan fingerprint density at radius 2 is 1.90 bits per heavy atom. The predicted octanol–water partition coefficient (Wildman–Crippen LogP) is 5.03. The van der Waals surface area contributed by atoms with Gasteiger partial charge in [-0.2, -0.15) is 0 Å². The third-order valence-corrected chi connectivity index (χ3v) is 5.44. The minimum absolute atomic E-state index is 0.167. The topological polar surface area (TPSA) is 61.0 Å². The first-order valence-electron chi connectivity index (χ1n) is 9.97. The quantitative estimate of drug-likeness (QED) is 0.494. The number of hydrogen-bond donors (Lipinski definition) is 2. The Bertz CT molecular complexity index is 1230. The number of carbonyl (C=O) groups is 1. The van der Waals surface area contributed by atoms with Gasteiger partial charge in [-0.1, -0.05) is 30.3 Å². The first-order valence-corrected chi connectivity index (χ1v) is 9.97. The highest BCUT2D eigenvalue weighted by Gasteiger charge is 2.24. The monoisotopic (exact) mass is 400 g/mol. The van der Waals surface area contributed by atoms with Gasteiger partial charge in [-0.25, -0.2) is 9.37 Å². The molecule has 0 unspecified atom stereocenters. The largest absolute Gasteiger partial charge is 0.349 e. The van der Waals surface area contributed by atoms with E-state index in [1.807, 2.05) is 42.5 Å². The molecule has 5 nitrogen and oxygen atoms in total. The summed E-state index contributed by atoms with van der Waals surface area (Å²) >= 11 is 0. The first kappa shape index (κ1) is 18.4. The maximum Gasteiger partial charge on any atom is 0.251 e. The molecule has 4 aromatic rings. The minimum atomic E-state index is -0.385. The molecular formula is C24H21FN4O. The molecule has 0 radical (unpaired) electrons. The molecule has 6 heteroatoms. The number of aromatic amines is 1. The standard InChI is InChI=1S/C24H21FN4O/c1-29(22-13-16(7-10-19(22)25)24(30)27-17-8-9-17)21-11-12-26-23-18(21)14-20(28-23)15-5-3-2-4-6-15/h2-7,10-14,17H,8-9H2,1H3,(H,26,28)(H,27,30). The van der Waals surface area contributed by atoms with Crippen LogP contribution < -0.4 is 10.2 Å². The number of nitrogens with one attached hydrogen (secondary N) is 2. The van der Waals surface area contributed by atoms with Crippen LogP contribution in [-0.4, -0.2) is 29.0 Å². The molecule has 0 aliphatic heterocycles. The first-order chi connectivity index (χ1) is 14.6. The second-order valence-corrected chi connectivity index (χ2v) is 7.61. The molecule has 150 valence electrons. The number of fused-ring (bicyclic) bond motifs is 1. The molecule has 2 heterocycles. The van der Waals surface area contributed by atoms with E-state index in [-0.39, 0.29) is 17.8 Å². The smallest absolute Gasteiger partial charge is 0.251 e. The van der Waals surface area contributed by atoms with Crippen LogP contribution >= 0.6 is 0 Å². The van der Waals surface area contributed by atoms with Crippen molar-refractivity contribution in [2.24, 2.45) is 0 Å². The fraction of sp³-hybridized carbons (Fsp3) is 0.167. The van der Waals surface area contributed by atoms with Crippen molar-refractivity contribution in [2.75, 3.05) is 11.9 Å². The summed E-state index contributed by atoms with van der Waals surface area (Å²) in [5, 5.41) is 3.83. The van der Waals surface area contributed by atoms with Gasteiger partial charge in [0, 0.05) is 35.9 Å². The van der Waals surface area contributed by atoms with Gasteiger partial charge < -0.3 is 15.2 Å². The molecule has 1 aliphatic carbocycles. The number of H-pyrrole nitrogens is 1. The number of pyridine rings is 1. The van der Waals surface area contributed by atoms with Crippen molar-refractivity contribution in [2.45, 2.75) is 18.9 Å². The lowest BCUT2D eigenvalue weighted by atomic mass is 10.1. The maximum atomic E-state index is 14.7. The normalized spacial score (nSPS) is 13.4. The summed E-state index contributed by atoms with van der Waals surface area (Å²) in [7, 11) is 1.80. The molecule has 1 fully saturated rings. The molecule has 1 aliphatic rings. The van der Waals surface area contributed by atoms with E-state index in [2.05, 4.69) is 15.3 Å². The van der Waals surface area contributed by atoms with Crippen molar-refractivity contribution in [1.82, 2.24) is 15.3 Å². The lowest BCUT2D eigenvalue weighted by Crippen LogP contribution is -2.25. The molecule has 30 heavy (non-hydrogen) atoms. The lowest BCUT2D eigenvalue weighted by Gasteiger charge is -2.21. The van der Waals surface area contributed by atoms with Gasteiger partial charge in [-0.15, -0.1) is 0 Å².